The van der Waals surface area contributed by atoms with E-state index in [9.17, 15) is 13.2 Å². The van der Waals surface area contributed by atoms with E-state index in [0.29, 0.717) is 0 Å². The highest BCUT2D eigenvalue weighted by Crippen LogP contribution is 2.09. The van der Waals surface area contributed by atoms with Crippen LogP contribution >= 0.6 is 0 Å². The van der Waals surface area contributed by atoms with Crippen LogP contribution in [0, 0.1) is 6.92 Å². The van der Waals surface area contributed by atoms with Crippen LogP contribution in [0.25, 0.3) is 0 Å². The van der Waals surface area contributed by atoms with Gasteiger partial charge < -0.3 is 9.16 Å². The maximum Gasteiger partial charge on any atom is 0.333 e. The lowest BCUT2D eigenvalue weighted by Crippen LogP contribution is -2.34. The van der Waals surface area contributed by atoms with Gasteiger partial charge in [0.15, 0.2) is 14.4 Å². The first-order valence-electron chi connectivity index (χ1n) is 7.37. The maximum absolute atomic E-state index is 12.1. The number of aryl methyl sites for hydroxylation is 1. The van der Waals surface area contributed by atoms with Crippen LogP contribution in [0.2, 0.25) is 19.6 Å². The molecule has 0 saturated heterocycles. The Hall–Kier alpha value is -1.71. The van der Waals surface area contributed by atoms with E-state index in [4.69, 9.17) is 4.43 Å². The number of hydrogen-bond acceptors (Lipinski definition) is 6. The highest BCUT2D eigenvalue weighted by Gasteiger charge is 2.23. The van der Waals surface area contributed by atoms with Gasteiger partial charge in [0.2, 0.25) is 0 Å². The fraction of sp³-hybridized carbons (Fsp3) is 0.467. The zero-order chi connectivity index (χ0) is 18.4. The third-order valence-corrected chi connectivity index (χ3v) is 5.28. The second-order valence-corrected chi connectivity index (χ2v) is 12.4. The Morgan fingerprint density at radius 2 is 1.88 bits per heavy atom. The molecule has 1 aromatic rings. The average Bonchev–Trinajstić information content (AvgIpc) is 2.49. The van der Waals surface area contributed by atoms with Crippen LogP contribution in [0.3, 0.4) is 0 Å². The van der Waals surface area contributed by atoms with E-state index >= 15 is 0 Å². The SMILES string of the molecule is COC(=O)[C@H](CO[Si](C)(C)C)N=CNS(=O)(=O)c1ccc(C)cc1. The molecule has 0 aliphatic carbocycles. The Morgan fingerprint density at radius 1 is 1.29 bits per heavy atom. The fourth-order valence-corrected chi connectivity index (χ4v) is 3.10. The molecule has 9 heteroatoms. The van der Waals surface area contributed by atoms with Crippen LogP contribution in [0.4, 0.5) is 0 Å². The monoisotopic (exact) mass is 372 g/mol. The lowest BCUT2D eigenvalue weighted by Gasteiger charge is -2.19. The van der Waals surface area contributed by atoms with Crippen LogP contribution in [-0.4, -0.2) is 48.8 Å². The van der Waals surface area contributed by atoms with Crippen LogP contribution in [0.1, 0.15) is 5.56 Å². The standard InChI is InChI=1S/C15H24N2O5SSi/c1-12-6-8-13(9-7-12)23(19,20)17-11-16-14(15(18)21-2)10-22-24(3,4)5/h6-9,11,14H,10H2,1-5H3,(H,16,17)/t14-/m0/s1. The van der Waals surface area contributed by atoms with Gasteiger partial charge in [-0.1, -0.05) is 17.7 Å². The van der Waals surface area contributed by atoms with Crippen LogP contribution < -0.4 is 4.72 Å². The molecule has 0 aliphatic rings. The molecule has 0 bridgehead atoms. The predicted molar refractivity (Wildman–Crippen MR) is 95.1 cm³/mol. The molecule has 1 N–H and O–H groups in total. The van der Waals surface area contributed by atoms with Crippen molar-refractivity contribution < 1.29 is 22.4 Å². The minimum Gasteiger partial charge on any atom is -0.467 e. The highest BCUT2D eigenvalue weighted by atomic mass is 32.2. The number of benzene rings is 1. The molecule has 7 nitrogen and oxygen atoms in total. The van der Waals surface area contributed by atoms with Gasteiger partial charge in [0.05, 0.1) is 25.0 Å². The second kappa shape index (κ2) is 8.40. The molecule has 1 atom stereocenters. The summed E-state index contributed by atoms with van der Waals surface area (Å²) in [6.07, 6.45) is 0.990. The van der Waals surface area contributed by atoms with E-state index in [1.807, 2.05) is 26.6 Å². The van der Waals surface area contributed by atoms with Gasteiger partial charge in [-0.05, 0) is 38.7 Å². The number of esters is 1. The summed E-state index contributed by atoms with van der Waals surface area (Å²) in [5.41, 5.74) is 0.955. The third kappa shape index (κ3) is 6.81. The molecule has 0 aliphatic heterocycles. The predicted octanol–water partition coefficient (Wildman–Crippen LogP) is 1.69. The number of sulfonamides is 1. The minimum atomic E-state index is -3.73. The Bertz CT molecular complexity index is 681. The van der Waals surface area contributed by atoms with Crippen LogP contribution in [0.15, 0.2) is 34.2 Å². The highest BCUT2D eigenvalue weighted by molar-refractivity contribution is 7.90. The van der Waals surface area contributed by atoms with E-state index in [2.05, 4.69) is 14.5 Å². The maximum atomic E-state index is 12.1. The fourth-order valence-electron chi connectivity index (χ4n) is 1.61. The summed E-state index contributed by atoms with van der Waals surface area (Å²) < 4.78 is 36.8. The van der Waals surface area contributed by atoms with Crippen molar-refractivity contribution in [2.45, 2.75) is 37.5 Å². The molecule has 0 amide bonds. The Morgan fingerprint density at radius 3 is 2.38 bits per heavy atom. The summed E-state index contributed by atoms with van der Waals surface area (Å²) in [5, 5.41) is 0. The molecule has 0 unspecified atom stereocenters. The van der Waals surface area contributed by atoms with Crippen molar-refractivity contribution in [2.24, 2.45) is 4.99 Å². The Balaban J connectivity index is 2.79. The van der Waals surface area contributed by atoms with Crippen LogP contribution in [-0.2, 0) is 24.0 Å². The van der Waals surface area contributed by atoms with Crippen molar-refractivity contribution >= 4 is 30.6 Å². The van der Waals surface area contributed by atoms with Crippen molar-refractivity contribution in [1.29, 1.82) is 0 Å². The van der Waals surface area contributed by atoms with Gasteiger partial charge in [0, 0.05) is 0 Å². The van der Waals surface area contributed by atoms with Crippen molar-refractivity contribution in [2.75, 3.05) is 13.7 Å². The first kappa shape index (κ1) is 20.3. The topological polar surface area (TPSA) is 94.1 Å². The van der Waals surface area contributed by atoms with Gasteiger partial charge in [-0.15, -0.1) is 0 Å². The van der Waals surface area contributed by atoms with Gasteiger partial charge in [0.25, 0.3) is 10.0 Å². The number of nitrogens with zero attached hydrogens (tertiary/aromatic N) is 1. The van der Waals surface area contributed by atoms with Gasteiger partial charge in [-0.3, -0.25) is 9.71 Å². The Labute approximate surface area is 144 Å². The molecule has 0 aromatic heterocycles. The molecule has 0 spiro atoms. The van der Waals surface area contributed by atoms with Crippen molar-refractivity contribution in [3.8, 4) is 0 Å². The molecule has 1 rings (SSSR count). The molecule has 0 heterocycles. The number of carbonyl (C=O) groups is 1. The van der Waals surface area contributed by atoms with E-state index < -0.39 is 30.4 Å². The molecule has 24 heavy (non-hydrogen) atoms. The lowest BCUT2D eigenvalue weighted by molar-refractivity contribution is -0.142. The average molecular weight is 373 g/mol. The van der Waals surface area contributed by atoms with Crippen molar-refractivity contribution in [3.63, 3.8) is 0 Å². The molecule has 0 fully saturated rings. The van der Waals surface area contributed by atoms with Crippen LogP contribution in [0.5, 0.6) is 0 Å². The zero-order valence-corrected chi connectivity index (χ0v) is 16.4. The minimum absolute atomic E-state index is 0.0468. The quantitative estimate of drug-likeness (QED) is 0.324. The van der Waals surface area contributed by atoms with Crippen molar-refractivity contribution in [3.05, 3.63) is 29.8 Å². The molecule has 1 aromatic carbocycles. The molecule has 0 radical (unpaired) electrons. The summed E-state index contributed by atoms with van der Waals surface area (Å²) in [6, 6.07) is 5.48. The van der Waals surface area contributed by atoms with E-state index in [1.54, 1.807) is 12.1 Å². The first-order valence-corrected chi connectivity index (χ1v) is 12.3. The van der Waals surface area contributed by atoms with Gasteiger partial charge in [0.1, 0.15) is 0 Å². The summed E-state index contributed by atoms with van der Waals surface area (Å²) >= 11 is 0. The number of ether oxygens (including phenoxy) is 1. The molecule has 134 valence electrons. The summed E-state index contributed by atoms with van der Waals surface area (Å²) in [5.74, 6) is -0.584. The van der Waals surface area contributed by atoms with Crippen molar-refractivity contribution in [1.82, 2.24) is 4.72 Å². The second-order valence-electron chi connectivity index (χ2n) is 6.17. The Kier molecular flexibility index (Phi) is 7.12. The number of nitrogens with one attached hydrogen (secondary N) is 1. The van der Waals surface area contributed by atoms with E-state index in [-0.39, 0.29) is 11.5 Å². The summed E-state index contributed by atoms with van der Waals surface area (Å²) in [6.45, 7) is 7.84. The van der Waals surface area contributed by atoms with Gasteiger partial charge in [-0.25, -0.2) is 13.2 Å². The number of carbonyl (C=O) groups excluding carboxylic acids is 1. The smallest absolute Gasteiger partial charge is 0.333 e. The number of hydrogen-bond donors (Lipinski definition) is 1. The van der Waals surface area contributed by atoms with E-state index in [1.165, 1.54) is 19.2 Å². The normalized spacial score (nSPS) is 13.7. The zero-order valence-electron chi connectivity index (χ0n) is 14.6. The number of methoxy groups -OCH3 is 1. The summed E-state index contributed by atoms with van der Waals surface area (Å²) in [4.78, 5) is 15.8. The molecule has 0 saturated carbocycles. The lowest BCUT2D eigenvalue weighted by atomic mass is 10.2. The first-order chi connectivity index (χ1) is 11.0. The number of rotatable bonds is 8. The third-order valence-electron chi connectivity index (χ3n) is 2.94. The number of aliphatic imine (C=N–C) groups is 1. The van der Waals surface area contributed by atoms with Gasteiger partial charge >= 0.3 is 5.97 Å². The van der Waals surface area contributed by atoms with Gasteiger partial charge in [-0.2, -0.15) is 0 Å². The summed E-state index contributed by atoms with van der Waals surface area (Å²) in [7, 11) is -4.32. The molecular weight excluding hydrogens is 348 g/mol. The molecular formula is C15H24N2O5SSi. The van der Waals surface area contributed by atoms with E-state index in [0.717, 1.165) is 11.9 Å². The largest absolute Gasteiger partial charge is 0.467 e.